The summed E-state index contributed by atoms with van der Waals surface area (Å²) in [6.45, 7) is 11.1. The van der Waals surface area contributed by atoms with Crippen molar-refractivity contribution in [3.05, 3.63) is 11.6 Å². The molecule has 21 heavy (non-hydrogen) atoms. The molecular weight excluding hydrogens is 266 g/mol. The molecule has 120 valence electrons. The van der Waals surface area contributed by atoms with Crippen molar-refractivity contribution in [2.45, 2.75) is 39.2 Å². The molecule has 1 aromatic rings. The fourth-order valence-electron chi connectivity index (χ4n) is 3.16. The lowest BCUT2D eigenvalue weighted by molar-refractivity contribution is 0.172. The number of rotatable bonds is 7. The largest absolute Gasteiger partial charge is 0.388 e. The number of aliphatic hydroxyl groups is 1. The van der Waals surface area contributed by atoms with Crippen LogP contribution in [0.4, 0.5) is 0 Å². The predicted molar refractivity (Wildman–Crippen MR) is 83.1 cm³/mol. The van der Waals surface area contributed by atoms with E-state index in [9.17, 15) is 5.11 Å². The number of piperidine rings is 1. The zero-order chi connectivity index (χ0) is 15.2. The zero-order valence-corrected chi connectivity index (χ0v) is 13.6. The Labute approximate surface area is 127 Å². The molecule has 1 fully saturated rings. The van der Waals surface area contributed by atoms with Gasteiger partial charge in [-0.05, 0) is 32.5 Å². The Morgan fingerprint density at radius 1 is 1.29 bits per heavy atom. The fourth-order valence-corrected chi connectivity index (χ4v) is 3.16. The molecule has 0 saturated carbocycles. The Kier molecular flexibility index (Phi) is 6.14. The molecule has 0 spiro atoms. The number of likely N-dealkylation sites (N-methyl/N-ethyl adjacent to an activating group) is 1. The number of aromatic nitrogens is 3. The van der Waals surface area contributed by atoms with Gasteiger partial charge in [-0.15, -0.1) is 10.2 Å². The summed E-state index contributed by atoms with van der Waals surface area (Å²) in [5.74, 6) is 2.12. The summed E-state index contributed by atoms with van der Waals surface area (Å²) >= 11 is 0. The van der Waals surface area contributed by atoms with Gasteiger partial charge in [-0.25, -0.2) is 0 Å². The van der Waals surface area contributed by atoms with E-state index in [1.807, 2.05) is 11.6 Å². The quantitative estimate of drug-likeness (QED) is 0.807. The molecule has 1 atom stereocenters. The first kappa shape index (κ1) is 16.4. The summed E-state index contributed by atoms with van der Waals surface area (Å²) in [7, 11) is 1.95. The molecule has 2 heterocycles. The van der Waals surface area contributed by atoms with Crippen molar-refractivity contribution in [2.24, 2.45) is 7.05 Å². The first-order valence-corrected chi connectivity index (χ1v) is 8.13. The average Bonchev–Trinajstić information content (AvgIpc) is 2.89. The molecule has 1 N–H and O–H groups in total. The predicted octanol–water partition coefficient (Wildman–Crippen LogP) is 0.829. The van der Waals surface area contributed by atoms with Crippen LogP contribution in [0.3, 0.4) is 0 Å². The fraction of sp³-hybridized carbons (Fsp3) is 0.867. The van der Waals surface area contributed by atoms with E-state index in [0.29, 0.717) is 11.7 Å². The lowest BCUT2D eigenvalue weighted by Crippen LogP contribution is -2.40. The van der Waals surface area contributed by atoms with Crippen LogP contribution in [0.2, 0.25) is 0 Å². The van der Waals surface area contributed by atoms with Gasteiger partial charge >= 0.3 is 0 Å². The Balaban J connectivity index is 1.92. The van der Waals surface area contributed by atoms with Crippen molar-refractivity contribution in [1.82, 2.24) is 24.6 Å². The molecule has 1 aliphatic heterocycles. The van der Waals surface area contributed by atoms with Gasteiger partial charge in [0.05, 0.1) is 0 Å². The molecule has 1 aliphatic rings. The molecule has 6 nitrogen and oxygen atoms in total. The van der Waals surface area contributed by atoms with E-state index in [1.54, 1.807) is 0 Å². The third-order valence-corrected chi connectivity index (χ3v) is 4.64. The first-order chi connectivity index (χ1) is 10.2. The molecule has 1 aromatic heterocycles. The Morgan fingerprint density at radius 2 is 2.05 bits per heavy atom. The molecule has 0 bridgehead atoms. The maximum absolute atomic E-state index is 9.24. The van der Waals surface area contributed by atoms with Gasteiger partial charge in [-0.3, -0.25) is 0 Å². The van der Waals surface area contributed by atoms with Crippen LogP contribution in [0.5, 0.6) is 0 Å². The van der Waals surface area contributed by atoms with Crippen LogP contribution >= 0.6 is 0 Å². The van der Waals surface area contributed by atoms with E-state index in [4.69, 9.17) is 0 Å². The van der Waals surface area contributed by atoms with Gasteiger partial charge in [0, 0.05) is 32.6 Å². The summed E-state index contributed by atoms with van der Waals surface area (Å²) in [6, 6.07) is 0. The van der Waals surface area contributed by atoms with Gasteiger partial charge in [0.2, 0.25) is 0 Å². The summed E-state index contributed by atoms with van der Waals surface area (Å²) in [4.78, 5) is 5.01. The van der Waals surface area contributed by atoms with E-state index < -0.39 is 0 Å². The minimum absolute atomic E-state index is 0.0398. The molecular formula is C15H29N5O. The highest BCUT2D eigenvalue weighted by molar-refractivity contribution is 5.03. The minimum atomic E-state index is -0.0398. The normalized spacial score (nSPS) is 20.3. The molecule has 0 aliphatic carbocycles. The van der Waals surface area contributed by atoms with E-state index in [0.717, 1.165) is 38.5 Å². The van der Waals surface area contributed by atoms with Crippen molar-refractivity contribution in [2.75, 3.05) is 39.3 Å². The van der Waals surface area contributed by atoms with Crippen LogP contribution in [0.1, 0.15) is 44.3 Å². The second kappa shape index (κ2) is 7.87. The van der Waals surface area contributed by atoms with Crippen molar-refractivity contribution in [1.29, 1.82) is 0 Å². The number of nitrogens with zero attached hydrogens (tertiary/aromatic N) is 5. The maximum Gasteiger partial charge on any atom is 0.158 e. The number of hydrogen-bond donors (Lipinski definition) is 1. The van der Waals surface area contributed by atoms with Crippen LogP contribution in [-0.4, -0.2) is 68.9 Å². The molecule has 0 amide bonds. The van der Waals surface area contributed by atoms with Gasteiger partial charge in [0.25, 0.3) is 0 Å². The maximum atomic E-state index is 9.24. The van der Waals surface area contributed by atoms with Crippen LogP contribution in [0.25, 0.3) is 0 Å². The summed E-state index contributed by atoms with van der Waals surface area (Å²) < 4.78 is 1.96. The van der Waals surface area contributed by atoms with E-state index in [-0.39, 0.29) is 6.61 Å². The number of hydrogen-bond acceptors (Lipinski definition) is 5. The second-order valence-corrected chi connectivity index (χ2v) is 5.86. The SMILES string of the molecule is CCN(CC)CCN1CCCC(c2nnc(CO)n2C)C1. The lowest BCUT2D eigenvalue weighted by atomic mass is 9.97. The molecule has 0 aromatic carbocycles. The minimum Gasteiger partial charge on any atom is -0.388 e. The first-order valence-electron chi connectivity index (χ1n) is 8.13. The molecule has 1 saturated heterocycles. The van der Waals surface area contributed by atoms with Gasteiger partial charge in [-0.2, -0.15) is 0 Å². The highest BCUT2D eigenvalue weighted by Crippen LogP contribution is 2.25. The number of aliphatic hydroxyl groups excluding tert-OH is 1. The van der Waals surface area contributed by atoms with Gasteiger partial charge in [-0.1, -0.05) is 13.8 Å². The van der Waals surface area contributed by atoms with Crippen LogP contribution in [-0.2, 0) is 13.7 Å². The second-order valence-electron chi connectivity index (χ2n) is 5.86. The van der Waals surface area contributed by atoms with Gasteiger partial charge < -0.3 is 19.5 Å². The van der Waals surface area contributed by atoms with Crippen LogP contribution < -0.4 is 0 Å². The van der Waals surface area contributed by atoms with Crippen molar-refractivity contribution in [3.63, 3.8) is 0 Å². The lowest BCUT2D eigenvalue weighted by Gasteiger charge is -2.33. The molecule has 0 radical (unpaired) electrons. The summed E-state index contributed by atoms with van der Waals surface area (Å²) in [5, 5.41) is 17.6. The van der Waals surface area contributed by atoms with E-state index >= 15 is 0 Å². The van der Waals surface area contributed by atoms with Gasteiger partial charge in [0.1, 0.15) is 12.4 Å². The van der Waals surface area contributed by atoms with E-state index in [1.165, 1.54) is 19.4 Å². The van der Waals surface area contributed by atoms with Crippen molar-refractivity contribution >= 4 is 0 Å². The molecule has 2 rings (SSSR count). The topological polar surface area (TPSA) is 57.4 Å². The number of likely N-dealkylation sites (tertiary alicyclic amines) is 1. The van der Waals surface area contributed by atoms with Crippen LogP contribution in [0.15, 0.2) is 0 Å². The smallest absolute Gasteiger partial charge is 0.158 e. The Bertz CT molecular complexity index is 430. The van der Waals surface area contributed by atoms with E-state index in [2.05, 4.69) is 33.8 Å². The molecule has 1 unspecified atom stereocenters. The zero-order valence-electron chi connectivity index (χ0n) is 13.6. The van der Waals surface area contributed by atoms with Gasteiger partial charge in [0.15, 0.2) is 5.82 Å². The van der Waals surface area contributed by atoms with Crippen LogP contribution in [0, 0.1) is 0 Å². The standard InChI is InChI=1S/C15H29N5O/c1-4-19(5-2)9-10-20-8-6-7-13(11-20)15-17-16-14(12-21)18(15)3/h13,21H,4-12H2,1-3H3. The highest BCUT2D eigenvalue weighted by Gasteiger charge is 2.25. The Morgan fingerprint density at radius 3 is 2.67 bits per heavy atom. The molecule has 6 heteroatoms. The summed E-state index contributed by atoms with van der Waals surface area (Å²) in [6.07, 6.45) is 2.38. The van der Waals surface area contributed by atoms with Crippen molar-refractivity contribution < 1.29 is 5.11 Å². The third-order valence-electron chi connectivity index (χ3n) is 4.64. The monoisotopic (exact) mass is 295 g/mol. The Hall–Kier alpha value is -0.980. The summed E-state index contributed by atoms with van der Waals surface area (Å²) in [5.41, 5.74) is 0. The highest BCUT2D eigenvalue weighted by atomic mass is 16.3. The average molecular weight is 295 g/mol. The van der Waals surface area contributed by atoms with Crippen molar-refractivity contribution in [3.8, 4) is 0 Å². The third kappa shape index (κ3) is 4.02.